The van der Waals surface area contributed by atoms with Crippen molar-refractivity contribution in [3.63, 3.8) is 0 Å². The van der Waals surface area contributed by atoms with Gasteiger partial charge in [-0.25, -0.2) is 13.4 Å². The van der Waals surface area contributed by atoms with E-state index in [-0.39, 0.29) is 51.8 Å². The topological polar surface area (TPSA) is 165 Å². The molecule has 53 heavy (non-hydrogen) atoms. The van der Waals surface area contributed by atoms with Gasteiger partial charge in [-0.05, 0) is 77.6 Å². The summed E-state index contributed by atoms with van der Waals surface area (Å²) < 4.78 is 55.3. The van der Waals surface area contributed by atoms with Crippen molar-refractivity contribution in [1.82, 2.24) is 35.2 Å². The molecule has 5 aromatic rings. The number of rotatable bonds is 14. The average Bonchev–Trinajstić information content (AvgIpc) is 3.60. The van der Waals surface area contributed by atoms with Crippen LogP contribution in [0.4, 0.5) is 5.82 Å². The van der Waals surface area contributed by atoms with Gasteiger partial charge in [-0.3, -0.25) is 9.71 Å². The molecule has 0 radical (unpaired) electrons. The number of para-hydroxylation sites is 2. The van der Waals surface area contributed by atoms with Gasteiger partial charge in [-0.2, -0.15) is 9.78 Å². The molecule has 16 heteroatoms. The quantitative estimate of drug-likeness (QED) is 0.0876. The van der Waals surface area contributed by atoms with Crippen molar-refractivity contribution in [2.75, 3.05) is 25.0 Å². The molecule has 0 aliphatic rings. The van der Waals surface area contributed by atoms with Crippen LogP contribution in [-0.2, 0) is 26.4 Å². The van der Waals surface area contributed by atoms with E-state index >= 15 is 0 Å². The summed E-state index contributed by atoms with van der Waals surface area (Å²) in [4.78, 5) is 15.4. The molecule has 3 heterocycles. The Labute approximate surface area is 312 Å². The van der Waals surface area contributed by atoms with Gasteiger partial charge in [-0.15, -0.1) is 10.2 Å². The van der Waals surface area contributed by atoms with Crippen LogP contribution in [0.3, 0.4) is 0 Å². The van der Waals surface area contributed by atoms with Gasteiger partial charge in [0.1, 0.15) is 12.3 Å². The van der Waals surface area contributed by atoms with Gasteiger partial charge < -0.3 is 18.6 Å². The number of nitrogens with zero attached hydrogens (tertiary/aromatic N) is 7. The summed E-state index contributed by atoms with van der Waals surface area (Å²) in [6.45, 7) is 19.8. The van der Waals surface area contributed by atoms with Crippen molar-refractivity contribution in [3.8, 4) is 46.0 Å². The lowest BCUT2D eigenvalue weighted by atomic mass is 9.87. The van der Waals surface area contributed by atoms with Gasteiger partial charge in [0, 0.05) is 11.8 Å². The van der Waals surface area contributed by atoms with E-state index in [0.29, 0.717) is 35.1 Å². The number of benzene rings is 2. The molecule has 0 saturated heterocycles. The Bertz CT molecular complexity index is 2150. The SMILES string of the molecule is CCn1nnc(-c2cc(-c3nc(NS(=O)(=O)c4ccc(C(C)(C)C)cc4)c(Oc4ccccc4OC)c(OCCO[Si](C)(C)C(C)(C)C)n3)ccn2)n1. The maximum atomic E-state index is 14.0. The van der Waals surface area contributed by atoms with E-state index in [2.05, 4.69) is 79.8 Å². The summed E-state index contributed by atoms with van der Waals surface area (Å²) in [6, 6.07) is 17.1. The predicted octanol–water partition coefficient (Wildman–Crippen LogP) is 7.51. The Morgan fingerprint density at radius 3 is 2.21 bits per heavy atom. The highest BCUT2D eigenvalue weighted by atomic mass is 32.2. The van der Waals surface area contributed by atoms with Gasteiger partial charge in [0.15, 0.2) is 31.5 Å². The maximum Gasteiger partial charge on any atom is 0.263 e. The Morgan fingerprint density at radius 2 is 1.58 bits per heavy atom. The third kappa shape index (κ3) is 9.36. The molecule has 14 nitrogen and oxygen atoms in total. The molecule has 0 fully saturated rings. The highest BCUT2D eigenvalue weighted by Crippen LogP contribution is 2.42. The van der Waals surface area contributed by atoms with Crippen LogP contribution in [-0.4, -0.2) is 72.2 Å². The molecule has 0 aliphatic heterocycles. The number of hydrogen-bond donors (Lipinski definition) is 1. The summed E-state index contributed by atoms with van der Waals surface area (Å²) in [5.41, 5.74) is 1.73. The van der Waals surface area contributed by atoms with Crippen LogP contribution in [0.25, 0.3) is 22.9 Å². The third-order valence-corrected chi connectivity index (χ3v) is 14.8. The van der Waals surface area contributed by atoms with Crippen molar-refractivity contribution in [3.05, 3.63) is 72.4 Å². The van der Waals surface area contributed by atoms with E-state index in [1.807, 2.05) is 6.92 Å². The number of pyridine rings is 1. The number of hydrogen-bond acceptors (Lipinski definition) is 12. The lowest BCUT2D eigenvalue weighted by molar-refractivity contribution is 0.195. The van der Waals surface area contributed by atoms with E-state index in [0.717, 1.165) is 5.56 Å². The summed E-state index contributed by atoms with van der Waals surface area (Å²) in [6.07, 6.45) is 1.56. The minimum atomic E-state index is -4.20. The summed E-state index contributed by atoms with van der Waals surface area (Å²) in [5, 5.41) is 12.5. The van der Waals surface area contributed by atoms with Gasteiger partial charge in [0.05, 0.1) is 25.2 Å². The van der Waals surface area contributed by atoms with Crippen molar-refractivity contribution >= 4 is 24.2 Å². The molecule has 5 rings (SSSR count). The average molecular weight is 761 g/mol. The Kier molecular flexibility index (Phi) is 11.5. The van der Waals surface area contributed by atoms with Crippen molar-refractivity contribution in [2.45, 2.75) is 83.5 Å². The van der Waals surface area contributed by atoms with Crippen molar-refractivity contribution in [2.24, 2.45) is 0 Å². The second-order valence-corrected chi connectivity index (χ2v) is 21.3. The van der Waals surface area contributed by atoms with Crippen LogP contribution in [0.15, 0.2) is 71.8 Å². The second kappa shape index (κ2) is 15.6. The fourth-order valence-corrected chi connectivity index (χ4v) is 6.81. The molecule has 0 atom stereocenters. The number of methoxy groups -OCH3 is 1. The van der Waals surface area contributed by atoms with E-state index in [1.165, 1.54) is 11.9 Å². The van der Waals surface area contributed by atoms with E-state index in [9.17, 15) is 8.42 Å². The molecule has 0 spiro atoms. The van der Waals surface area contributed by atoms with Crippen LogP contribution >= 0.6 is 0 Å². The molecule has 0 unspecified atom stereocenters. The van der Waals surface area contributed by atoms with Crippen LogP contribution in [0.2, 0.25) is 18.1 Å². The summed E-state index contributed by atoms with van der Waals surface area (Å²) in [5.74, 6) is 0.890. The summed E-state index contributed by atoms with van der Waals surface area (Å²) in [7, 11) is -4.80. The number of tetrazole rings is 1. The van der Waals surface area contributed by atoms with Crippen LogP contribution in [0.1, 0.15) is 54.0 Å². The zero-order valence-corrected chi connectivity index (χ0v) is 33.8. The predicted molar refractivity (Wildman–Crippen MR) is 205 cm³/mol. The van der Waals surface area contributed by atoms with E-state index in [1.54, 1.807) is 66.9 Å². The second-order valence-electron chi connectivity index (χ2n) is 14.9. The highest BCUT2D eigenvalue weighted by molar-refractivity contribution is 7.92. The fourth-order valence-electron chi connectivity index (χ4n) is 4.77. The monoisotopic (exact) mass is 760 g/mol. The molecule has 0 amide bonds. The fraction of sp³-hybridized carbons (Fsp3) is 0.405. The van der Waals surface area contributed by atoms with Gasteiger partial charge in [0.25, 0.3) is 15.9 Å². The molecular weight excluding hydrogens is 713 g/mol. The molecule has 3 aromatic heterocycles. The van der Waals surface area contributed by atoms with Crippen LogP contribution < -0.4 is 18.9 Å². The maximum absolute atomic E-state index is 14.0. The smallest absolute Gasteiger partial charge is 0.263 e. The Balaban J connectivity index is 1.64. The van der Waals surface area contributed by atoms with Crippen molar-refractivity contribution < 1.29 is 27.1 Å². The first kappa shape index (κ1) is 39.3. The largest absolute Gasteiger partial charge is 0.493 e. The lowest BCUT2D eigenvalue weighted by Crippen LogP contribution is -2.41. The molecular formula is C37H48N8O6SSi. The lowest BCUT2D eigenvalue weighted by Gasteiger charge is -2.36. The minimum Gasteiger partial charge on any atom is -0.493 e. The van der Waals surface area contributed by atoms with E-state index in [4.69, 9.17) is 28.6 Å². The number of aryl methyl sites for hydroxylation is 1. The minimum absolute atomic E-state index is 0.0137. The molecule has 1 N–H and O–H groups in total. The molecule has 0 bridgehead atoms. The number of nitrogens with one attached hydrogen (secondary N) is 1. The van der Waals surface area contributed by atoms with Crippen molar-refractivity contribution in [1.29, 1.82) is 0 Å². The number of aromatic nitrogens is 7. The molecule has 282 valence electrons. The normalized spacial score (nSPS) is 12.4. The van der Waals surface area contributed by atoms with Crippen LogP contribution in [0.5, 0.6) is 23.1 Å². The first-order valence-electron chi connectivity index (χ1n) is 17.3. The zero-order valence-electron chi connectivity index (χ0n) is 32.0. The Morgan fingerprint density at radius 1 is 0.887 bits per heavy atom. The molecule has 0 aliphatic carbocycles. The summed E-state index contributed by atoms with van der Waals surface area (Å²) >= 11 is 0. The first-order chi connectivity index (χ1) is 24.9. The van der Waals surface area contributed by atoms with E-state index < -0.39 is 18.3 Å². The number of anilines is 1. The molecule has 0 saturated carbocycles. The first-order valence-corrected chi connectivity index (χ1v) is 21.7. The van der Waals surface area contributed by atoms with Gasteiger partial charge >= 0.3 is 0 Å². The van der Waals surface area contributed by atoms with Gasteiger partial charge in [0.2, 0.25) is 11.6 Å². The third-order valence-electron chi connectivity index (χ3n) is 8.95. The van der Waals surface area contributed by atoms with Gasteiger partial charge in [-0.1, -0.05) is 65.8 Å². The Hall–Kier alpha value is -4.93. The molecule has 2 aromatic carbocycles. The standard InChI is InChI=1S/C37H48N8O6SSi/c1-11-45-42-33(41-44-45)28-24-25(20-21-38-28)32-39-34(43-52(46,47)27-18-16-26(17-19-27)36(2,3)4)31(51-30-15-13-12-14-29(30)48-8)35(40-32)49-22-23-50-53(9,10)37(5,6)7/h12-21,24H,11,22-23H2,1-10H3,(H,39,40,43). The highest BCUT2D eigenvalue weighted by Gasteiger charge is 2.37. The van der Waals surface area contributed by atoms with Crippen LogP contribution in [0, 0.1) is 0 Å². The zero-order chi connectivity index (χ0) is 38.6. The number of ether oxygens (including phenoxy) is 3. The number of sulfonamides is 1.